The van der Waals surface area contributed by atoms with Crippen molar-refractivity contribution in [1.82, 2.24) is 4.90 Å². The van der Waals surface area contributed by atoms with Crippen molar-refractivity contribution < 1.29 is 9.47 Å². The smallest absolute Gasteiger partial charge is 0.169 e. The third kappa shape index (κ3) is 3.95. The van der Waals surface area contributed by atoms with Crippen molar-refractivity contribution in [2.75, 3.05) is 27.3 Å². The molecule has 0 aromatic carbocycles. The maximum absolute atomic E-state index is 5.22. The number of hydrogen-bond donors (Lipinski definition) is 0. The molecule has 0 aromatic rings. The number of ether oxygens (including phenoxy) is 2. The van der Waals surface area contributed by atoms with E-state index in [1.54, 1.807) is 14.2 Å². The number of methoxy groups -OCH3 is 2. The van der Waals surface area contributed by atoms with Crippen LogP contribution in [0.5, 0.6) is 0 Å². The molecule has 1 aliphatic rings. The fourth-order valence-corrected chi connectivity index (χ4v) is 1.66. The van der Waals surface area contributed by atoms with E-state index in [1.165, 1.54) is 32.2 Å². The maximum atomic E-state index is 5.22. The minimum atomic E-state index is -0.0625. The molecular formula is C11H23NO2. The molecule has 0 heterocycles. The molecule has 0 N–H and O–H groups in total. The number of nitrogens with zero attached hydrogens (tertiary/aromatic N) is 1. The van der Waals surface area contributed by atoms with Crippen LogP contribution in [-0.4, -0.2) is 44.5 Å². The van der Waals surface area contributed by atoms with Gasteiger partial charge in [0.05, 0.1) is 0 Å². The first-order valence-electron chi connectivity index (χ1n) is 5.61. The molecule has 0 radical (unpaired) electrons. The molecule has 1 aliphatic carbocycles. The summed E-state index contributed by atoms with van der Waals surface area (Å²) in [6.45, 7) is 4.33. The predicted octanol–water partition coefficient (Wildman–Crippen LogP) is 1.87. The molecule has 0 spiro atoms. The first-order valence-corrected chi connectivity index (χ1v) is 5.61. The van der Waals surface area contributed by atoms with Crippen LogP contribution in [0.1, 0.15) is 32.6 Å². The minimum absolute atomic E-state index is 0.0625. The molecule has 84 valence electrons. The van der Waals surface area contributed by atoms with Crippen LogP contribution in [-0.2, 0) is 9.47 Å². The summed E-state index contributed by atoms with van der Waals surface area (Å²) in [6, 6.07) is 0.800. The minimum Gasteiger partial charge on any atom is -0.355 e. The van der Waals surface area contributed by atoms with Crippen molar-refractivity contribution in [1.29, 1.82) is 0 Å². The zero-order valence-corrected chi connectivity index (χ0v) is 9.66. The lowest BCUT2D eigenvalue weighted by Crippen LogP contribution is -2.36. The molecule has 0 aromatic heterocycles. The van der Waals surface area contributed by atoms with E-state index >= 15 is 0 Å². The zero-order valence-electron chi connectivity index (χ0n) is 9.66. The summed E-state index contributed by atoms with van der Waals surface area (Å²) in [4.78, 5) is 2.50. The highest BCUT2D eigenvalue weighted by Crippen LogP contribution is 2.27. The second kappa shape index (κ2) is 6.38. The molecule has 0 amide bonds. The third-order valence-corrected chi connectivity index (χ3v) is 2.77. The van der Waals surface area contributed by atoms with Crippen molar-refractivity contribution in [3.8, 4) is 0 Å². The molecule has 0 aliphatic heterocycles. The Morgan fingerprint density at radius 2 is 1.93 bits per heavy atom. The van der Waals surface area contributed by atoms with Crippen molar-refractivity contribution >= 4 is 0 Å². The van der Waals surface area contributed by atoms with Gasteiger partial charge in [-0.3, -0.25) is 4.90 Å². The number of rotatable bonds is 8. The Morgan fingerprint density at radius 1 is 1.29 bits per heavy atom. The molecule has 14 heavy (non-hydrogen) atoms. The molecule has 3 nitrogen and oxygen atoms in total. The molecule has 0 bridgehead atoms. The molecule has 1 saturated carbocycles. The Hall–Kier alpha value is -0.120. The van der Waals surface area contributed by atoms with Gasteiger partial charge in [-0.05, 0) is 25.8 Å². The van der Waals surface area contributed by atoms with Gasteiger partial charge in [-0.15, -0.1) is 0 Å². The van der Waals surface area contributed by atoms with Crippen molar-refractivity contribution in [2.45, 2.75) is 44.9 Å². The molecule has 0 saturated heterocycles. The van der Waals surface area contributed by atoms with Crippen LogP contribution in [0.3, 0.4) is 0 Å². The van der Waals surface area contributed by atoms with Gasteiger partial charge in [-0.25, -0.2) is 0 Å². The van der Waals surface area contributed by atoms with Gasteiger partial charge in [-0.2, -0.15) is 0 Å². The predicted molar refractivity (Wildman–Crippen MR) is 57.3 cm³/mol. The van der Waals surface area contributed by atoms with Crippen LogP contribution in [0.4, 0.5) is 0 Å². The molecule has 0 atom stereocenters. The Bertz CT molecular complexity index is 144. The average Bonchev–Trinajstić information content (AvgIpc) is 3.02. The second-order valence-electron chi connectivity index (χ2n) is 3.98. The van der Waals surface area contributed by atoms with Gasteiger partial charge < -0.3 is 9.47 Å². The van der Waals surface area contributed by atoms with Gasteiger partial charge >= 0.3 is 0 Å². The van der Waals surface area contributed by atoms with Gasteiger partial charge in [0.25, 0.3) is 0 Å². The molecule has 0 unspecified atom stereocenters. The lowest BCUT2D eigenvalue weighted by Gasteiger charge is -2.25. The van der Waals surface area contributed by atoms with E-state index in [0.717, 1.165) is 12.6 Å². The second-order valence-corrected chi connectivity index (χ2v) is 3.98. The largest absolute Gasteiger partial charge is 0.355 e. The Balaban J connectivity index is 2.26. The van der Waals surface area contributed by atoms with Crippen molar-refractivity contribution in [3.05, 3.63) is 0 Å². The fraction of sp³-hybridized carbons (Fsp3) is 1.00. The van der Waals surface area contributed by atoms with E-state index in [-0.39, 0.29) is 6.29 Å². The summed E-state index contributed by atoms with van der Waals surface area (Å²) in [5.41, 5.74) is 0. The van der Waals surface area contributed by atoms with E-state index in [9.17, 15) is 0 Å². The summed E-state index contributed by atoms with van der Waals surface area (Å²) in [5.74, 6) is 0. The first-order chi connectivity index (χ1) is 6.81. The van der Waals surface area contributed by atoms with E-state index < -0.39 is 0 Å². The quantitative estimate of drug-likeness (QED) is 0.560. The van der Waals surface area contributed by atoms with Gasteiger partial charge in [0.15, 0.2) is 6.29 Å². The highest BCUT2D eigenvalue weighted by Gasteiger charge is 2.29. The summed E-state index contributed by atoms with van der Waals surface area (Å²) >= 11 is 0. The Labute approximate surface area is 87.4 Å². The highest BCUT2D eigenvalue weighted by atomic mass is 16.7. The van der Waals surface area contributed by atoms with Crippen LogP contribution in [0.15, 0.2) is 0 Å². The van der Waals surface area contributed by atoms with E-state index in [0.29, 0.717) is 0 Å². The Morgan fingerprint density at radius 3 is 2.36 bits per heavy atom. The Kier molecular flexibility index (Phi) is 5.45. The SMILES string of the molecule is CCCCN(CC(OC)OC)C1CC1. The van der Waals surface area contributed by atoms with Crippen molar-refractivity contribution in [3.63, 3.8) is 0 Å². The standard InChI is InChI=1S/C11H23NO2/c1-4-5-8-12(10-6-7-10)9-11(13-2)14-3/h10-11H,4-9H2,1-3H3. The first kappa shape index (κ1) is 12.0. The highest BCUT2D eigenvalue weighted by molar-refractivity contribution is 4.84. The van der Waals surface area contributed by atoms with Crippen LogP contribution in [0.25, 0.3) is 0 Å². The maximum Gasteiger partial charge on any atom is 0.169 e. The van der Waals surface area contributed by atoms with Crippen LogP contribution < -0.4 is 0 Å². The lowest BCUT2D eigenvalue weighted by molar-refractivity contribution is -0.117. The summed E-state index contributed by atoms with van der Waals surface area (Å²) in [5, 5.41) is 0. The van der Waals surface area contributed by atoms with Gasteiger partial charge in [0, 0.05) is 26.8 Å². The molecule has 3 heteroatoms. The molecule has 1 fully saturated rings. The fourth-order valence-electron chi connectivity index (χ4n) is 1.66. The van der Waals surface area contributed by atoms with Gasteiger partial charge in [0.2, 0.25) is 0 Å². The number of hydrogen-bond acceptors (Lipinski definition) is 3. The summed E-state index contributed by atoms with van der Waals surface area (Å²) in [7, 11) is 3.41. The van der Waals surface area contributed by atoms with Crippen LogP contribution >= 0.6 is 0 Å². The van der Waals surface area contributed by atoms with Crippen LogP contribution in [0.2, 0.25) is 0 Å². The van der Waals surface area contributed by atoms with Gasteiger partial charge in [-0.1, -0.05) is 13.3 Å². The monoisotopic (exact) mass is 201 g/mol. The third-order valence-electron chi connectivity index (χ3n) is 2.77. The normalized spacial score (nSPS) is 16.9. The van der Waals surface area contributed by atoms with E-state index in [1.807, 2.05) is 0 Å². The van der Waals surface area contributed by atoms with E-state index in [2.05, 4.69) is 11.8 Å². The van der Waals surface area contributed by atoms with Crippen molar-refractivity contribution in [2.24, 2.45) is 0 Å². The van der Waals surface area contributed by atoms with E-state index in [4.69, 9.17) is 9.47 Å². The molecular weight excluding hydrogens is 178 g/mol. The summed E-state index contributed by atoms with van der Waals surface area (Å²) < 4.78 is 10.4. The topological polar surface area (TPSA) is 21.7 Å². The zero-order chi connectivity index (χ0) is 10.4. The number of unbranched alkanes of at least 4 members (excludes halogenated alkanes) is 1. The average molecular weight is 201 g/mol. The lowest BCUT2D eigenvalue weighted by atomic mass is 10.3. The van der Waals surface area contributed by atoms with Gasteiger partial charge in [0.1, 0.15) is 0 Å². The summed E-state index contributed by atoms with van der Waals surface area (Å²) in [6.07, 6.45) is 5.17. The van der Waals surface area contributed by atoms with Crippen LogP contribution in [0, 0.1) is 0 Å². The molecule has 1 rings (SSSR count).